The Labute approximate surface area is 342 Å². The molecule has 1 saturated heterocycles. The van der Waals surface area contributed by atoms with E-state index in [0.717, 1.165) is 44.4 Å². The minimum absolute atomic E-state index is 0.0489. The van der Waals surface area contributed by atoms with Crippen molar-refractivity contribution < 1.29 is 67.8 Å². The van der Waals surface area contributed by atoms with Crippen LogP contribution in [0.25, 0.3) is 0 Å². The van der Waals surface area contributed by atoms with Gasteiger partial charge in [-0.15, -0.1) is 0 Å². The van der Waals surface area contributed by atoms with E-state index in [9.17, 15) is 39.5 Å². The molecule has 0 amide bonds. The Kier molecular flexibility index (Phi) is 30.9. The van der Waals surface area contributed by atoms with Crippen LogP contribution in [0, 0.1) is 11.8 Å². The van der Waals surface area contributed by atoms with E-state index < -0.39 is 83.0 Å². The van der Waals surface area contributed by atoms with Crippen molar-refractivity contribution >= 4 is 19.8 Å². The molecule has 1 heterocycles. The molecule has 14 nitrogen and oxygen atoms in total. The first kappa shape index (κ1) is 53.3. The molecule has 2 unspecified atom stereocenters. The standard InChI is InChI=1S/C42H77O14P/c1-4-5-16-22-34(44)26-27-39-37(38(46)28-42(49)56-39)23-18-14-15-19-24-40(47)52-31-36(32-54-57(50,51)53-30-35(45)29-43)55-41(48)25-20-13-11-9-7-6-8-10-12-17-21-33(2)3/h14,18,26-27,33-39,42-46,49H,4-13,15-17,19-25,28-32H2,1-3H3,(H,50,51)/b18-14-,27-26+/t34-,35-,36+,37-,38-,39+,42?/m0/s1. The lowest BCUT2D eigenvalue weighted by Gasteiger charge is -2.36. The van der Waals surface area contributed by atoms with Crippen LogP contribution in [-0.2, 0) is 37.4 Å². The van der Waals surface area contributed by atoms with E-state index in [2.05, 4.69) is 25.3 Å². The van der Waals surface area contributed by atoms with Gasteiger partial charge in [0.05, 0.1) is 38.1 Å². The van der Waals surface area contributed by atoms with Crippen molar-refractivity contribution in [3.8, 4) is 0 Å². The van der Waals surface area contributed by atoms with Gasteiger partial charge in [-0.1, -0.05) is 129 Å². The molecule has 0 saturated carbocycles. The second-order valence-corrected chi connectivity index (χ2v) is 17.2. The minimum Gasteiger partial charge on any atom is -0.462 e. The monoisotopic (exact) mass is 837 g/mol. The normalized spacial score (nSPS) is 21.5. The van der Waals surface area contributed by atoms with Crippen molar-refractivity contribution in [1.82, 2.24) is 0 Å². The summed E-state index contributed by atoms with van der Waals surface area (Å²) in [7, 11) is -4.68. The van der Waals surface area contributed by atoms with Crippen molar-refractivity contribution in [2.24, 2.45) is 11.8 Å². The van der Waals surface area contributed by atoms with Gasteiger partial charge in [0.2, 0.25) is 0 Å². The molecule has 1 rings (SSSR count). The summed E-state index contributed by atoms with van der Waals surface area (Å²) in [6.45, 7) is 4.25. The molecule has 0 aliphatic carbocycles. The van der Waals surface area contributed by atoms with Gasteiger partial charge >= 0.3 is 19.8 Å². The Morgan fingerprint density at radius 3 is 2.07 bits per heavy atom. The first-order chi connectivity index (χ1) is 27.3. The van der Waals surface area contributed by atoms with Crippen molar-refractivity contribution in [2.75, 3.05) is 26.4 Å². The molecule has 0 bridgehead atoms. The first-order valence-electron chi connectivity index (χ1n) is 21.5. The summed E-state index contributed by atoms with van der Waals surface area (Å²) < 4.78 is 38.3. The molecule has 0 aromatic heterocycles. The van der Waals surface area contributed by atoms with Gasteiger partial charge in [0.25, 0.3) is 0 Å². The zero-order chi connectivity index (χ0) is 42.3. The van der Waals surface area contributed by atoms with E-state index in [-0.39, 0.29) is 25.2 Å². The minimum atomic E-state index is -4.68. The number of esters is 2. The van der Waals surface area contributed by atoms with Crippen LogP contribution in [0.1, 0.15) is 156 Å². The van der Waals surface area contributed by atoms with Crippen LogP contribution in [0.3, 0.4) is 0 Å². The molecule has 0 spiro atoms. The zero-order valence-corrected chi connectivity index (χ0v) is 35.9. The third-order valence-electron chi connectivity index (χ3n) is 9.83. The van der Waals surface area contributed by atoms with Gasteiger partial charge in [-0.25, -0.2) is 4.57 Å². The fraction of sp³-hybridized carbons (Fsp3) is 0.857. The lowest BCUT2D eigenvalue weighted by molar-refractivity contribution is -0.199. The molecule has 334 valence electrons. The number of hydrogen-bond donors (Lipinski definition) is 6. The van der Waals surface area contributed by atoms with Gasteiger partial charge in [-0.2, -0.15) is 0 Å². The molecule has 0 radical (unpaired) electrons. The molecular weight excluding hydrogens is 759 g/mol. The van der Waals surface area contributed by atoms with E-state index in [4.69, 9.17) is 23.8 Å². The average Bonchev–Trinajstić information content (AvgIpc) is 3.16. The Morgan fingerprint density at radius 1 is 0.807 bits per heavy atom. The second-order valence-electron chi connectivity index (χ2n) is 15.7. The number of hydrogen-bond acceptors (Lipinski definition) is 13. The van der Waals surface area contributed by atoms with Gasteiger partial charge in [0.15, 0.2) is 12.4 Å². The molecule has 8 atom stereocenters. The summed E-state index contributed by atoms with van der Waals surface area (Å²) in [5.41, 5.74) is 0. The largest absolute Gasteiger partial charge is 0.472 e. The maximum Gasteiger partial charge on any atom is 0.472 e. The van der Waals surface area contributed by atoms with Crippen molar-refractivity contribution in [1.29, 1.82) is 0 Å². The summed E-state index contributed by atoms with van der Waals surface area (Å²) >= 11 is 0. The quantitative estimate of drug-likeness (QED) is 0.0165. The van der Waals surface area contributed by atoms with Gasteiger partial charge in [-0.3, -0.25) is 18.6 Å². The predicted octanol–water partition coefficient (Wildman–Crippen LogP) is 6.96. The third kappa shape index (κ3) is 29.2. The topological polar surface area (TPSA) is 219 Å². The van der Waals surface area contributed by atoms with Gasteiger partial charge in [0, 0.05) is 25.2 Å². The number of phosphoric ester groups is 1. The molecule has 15 heteroatoms. The van der Waals surface area contributed by atoms with E-state index in [1.807, 2.05) is 12.2 Å². The molecule has 6 N–H and O–H groups in total. The van der Waals surface area contributed by atoms with E-state index in [0.29, 0.717) is 32.1 Å². The van der Waals surface area contributed by atoms with Gasteiger partial charge in [-0.05, 0) is 38.0 Å². The van der Waals surface area contributed by atoms with Gasteiger partial charge in [0.1, 0.15) is 12.7 Å². The molecule has 57 heavy (non-hydrogen) atoms. The van der Waals surface area contributed by atoms with Crippen LogP contribution >= 0.6 is 7.82 Å². The maximum absolute atomic E-state index is 12.6. The van der Waals surface area contributed by atoms with E-state index >= 15 is 0 Å². The van der Waals surface area contributed by atoms with Crippen LogP contribution in [0.5, 0.6) is 0 Å². The van der Waals surface area contributed by atoms with Crippen LogP contribution in [-0.4, -0.2) is 106 Å². The highest BCUT2D eigenvalue weighted by Gasteiger charge is 2.35. The molecule has 1 aliphatic heterocycles. The molecule has 1 fully saturated rings. The predicted molar refractivity (Wildman–Crippen MR) is 218 cm³/mol. The molecule has 0 aromatic carbocycles. The van der Waals surface area contributed by atoms with E-state index in [1.165, 1.54) is 44.9 Å². The highest BCUT2D eigenvalue weighted by Crippen LogP contribution is 2.43. The highest BCUT2D eigenvalue weighted by atomic mass is 31.2. The summed E-state index contributed by atoms with van der Waals surface area (Å²) in [5, 5.41) is 49.3. The number of unbranched alkanes of at least 4 members (excludes halogenated alkanes) is 12. The summed E-state index contributed by atoms with van der Waals surface area (Å²) in [5.74, 6) is -0.678. The van der Waals surface area contributed by atoms with Crippen LogP contribution in [0.4, 0.5) is 0 Å². The number of carbonyl (C=O) groups excluding carboxylic acids is 2. The van der Waals surface area contributed by atoms with Gasteiger partial charge < -0.3 is 44.6 Å². The number of phosphoric acid groups is 1. The zero-order valence-electron chi connectivity index (χ0n) is 35.0. The molecule has 1 aliphatic rings. The fourth-order valence-electron chi connectivity index (χ4n) is 6.39. The summed E-state index contributed by atoms with van der Waals surface area (Å²) in [4.78, 5) is 35.2. The summed E-state index contributed by atoms with van der Waals surface area (Å²) in [6, 6.07) is 0. The number of carbonyl (C=O) groups is 2. The lowest BCUT2D eigenvalue weighted by Crippen LogP contribution is -2.43. The lowest BCUT2D eigenvalue weighted by atomic mass is 9.87. The van der Waals surface area contributed by atoms with Crippen molar-refractivity contribution in [2.45, 2.75) is 192 Å². The second kappa shape index (κ2) is 33.1. The third-order valence-corrected chi connectivity index (χ3v) is 10.8. The first-order valence-corrected chi connectivity index (χ1v) is 23.0. The average molecular weight is 837 g/mol. The number of rotatable bonds is 35. The fourth-order valence-corrected chi connectivity index (χ4v) is 7.18. The van der Waals surface area contributed by atoms with Crippen LogP contribution in [0.2, 0.25) is 0 Å². The van der Waals surface area contributed by atoms with Crippen molar-refractivity contribution in [3.63, 3.8) is 0 Å². The highest BCUT2D eigenvalue weighted by molar-refractivity contribution is 7.47. The number of ether oxygens (including phenoxy) is 3. The Hall–Kier alpha value is -1.71. The smallest absolute Gasteiger partial charge is 0.462 e. The Morgan fingerprint density at radius 2 is 1.42 bits per heavy atom. The Balaban J connectivity index is 2.52. The van der Waals surface area contributed by atoms with E-state index in [1.54, 1.807) is 12.2 Å². The number of allylic oxidation sites excluding steroid dienone is 2. The van der Waals surface area contributed by atoms with Crippen molar-refractivity contribution in [3.05, 3.63) is 24.3 Å². The maximum atomic E-state index is 12.6. The van der Waals surface area contributed by atoms with Crippen LogP contribution in [0.15, 0.2) is 24.3 Å². The number of aliphatic hydroxyl groups is 5. The summed E-state index contributed by atoms with van der Waals surface area (Å²) in [6.07, 6.45) is 19.2. The molecule has 0 aromatic rings. The Bertz CT molecular complexity index is 1130. The molecular formula is C42H77O14P. The van der Waals surface area contributed by atoms with Crippen LogP contribution < -0.4 is 0 Å². The SMILES string of the molecule is CCCCC[C@H](O)/C=C/[C@H]1OC(O)C[C@H](O)[C@@H]1C/C=C\CCCC(=O)OC[C@H](COP(=O)(O)OC[C@@H](O)CO)OC(=O)CCCCCCCCCCCCC(C)C. The number of aliphatic hydroxyl groups excluding tert-OH is 5.